The van der Waals surface area contributed by atoms with E-state index in [-0.39, 0.29) is 0 Å². The molecule has 1 aliphatic carbocycles. The normalized spacial score (nSPS) is 24.6. The van der Waals surface area contributed by atoms with E-state index in [9.17, 15) is 0 Å². The van der Waals surface area contributed by atoms with Crippen LogP contribution in [-0.4, -0.2) is 6.04 Å². The van der Waals surface area contributed by atoms with Crippen molar-refractivity contribution in [3.63, 3.8) is 0 Å². The molecule has 94 valence electrons. The molecule has 0 spiro atoms. The van der Waals surface area contributed by atoms with Crippen LogP contribution < -0.4 is 5.32 Å². The van der Waals surface area contributed by atoms with E-state index in [1.54, 1.807) is 0 Å². The van der Waals surface area contributed by atoms with Crippen molar-refractivity contribution in [3.8, 4) is 0 Å². The van der Waals surface area contributed by atoms with Crippen LogP contribution in [0, 0.1) is 12.8 Å². The van der Waals surface area contributed by atoms with Crippen LogP contribution in [0.25, 0.3) is 0 Å². The topological polar surface area (TPSA) is 12.0 Å². The molecule has 0 bridgehead atoms. The second-order valence-electron chi connectivity index (χ2n) is 5.51. The van der Waals surface area contributed by atoms with E-state index in [1.165, 1.54) is 42.5 Å². The molecule has 1 aromatic rings. The van der Waals surface area contributed by atoms with E-state index in [0.29, 0.717) is 6.04 Å². The van der Waals surface area contributed by atoms with E-state index in [4.69, 9.17) is 0 Å². The maximum atomic E-state index is 3.72. The lowest BCUT2D eigenvalue weighted by molar-refractivity contribution is 0.349. The fourth-order valence-corrected chi connectivity index (χ4v) is 2.93. The third-order valence-corrected chi connectivity index (χ3v) is 4.19. The van der Waals surface area contributed by atoms with Gasteiger partial charge in [-0.15, -0.1) is 0 Å². The monoisotopic (exact) mass is 231 g/mol. The number of benzene rings is 1. The van der Waals surface area contributed by atoms with Crippen molar-refractivity contribution >= 4 is 5.69 Å². The molecule has 1 aromatic carbocycles. The molecule has 1 saturated carbocycles. The number of hydrogen-bond acceptors (Lipinski definition) is 1. The molecule has 1 aliphatic rings. The highest BCUT2D eigenvalue weighted by Crippen LogP contribution is 2.27. The molecule has 1 heteroatoms. The lowest BCUT2D eigenvalue weighted by Crippen LogP contribution is -2.30. The summed E-state index contributed by atoms with van der Waals surface area (Å²) >= 11 is 0. The number of rotatable bonds is 3. The molecule has 1 N–H and O–H groups in total. The molecule has 0 amide bonds. The van der Waals surface area contributed by atoms with Gasteiger partial charge >= 0.3 is 0 Å². The lowest BCUT2D eigenvalue weighted by Gasteiger charge is -2.30. The molecular weight excluding hydrogens is 206 g/mol. The first-order valence-corrected chi connectivity index (χ1v) is 7.06. The van der Waals surface area contributed by atoms with Gasteiger partial charge < -0.3 is 5.32 Å². The third kappa shape index (κ3) is 3.02. The third-order valence-electron chi connectivity index (χ3n) is 4.19. The SMILES string of the molecule is CCc1ccc(NC2CCCCC2C)cc1C. The quantitative estimate of drug-likeness (QED) is 0.805. The Morgan fingerprint density at radius 2 is 2.00 bits per heavy atom. The Labute approximate surface area is 106 Å². The Balaban J connectivity index is 2.05. The smallest absolute Gasteiger partial charge is 0.0345 e. The number of hydrogen-bond donors (Lipinski definition) is 1. The van der Waals surface area contributed by atoms with Crippen LogP contribution in [0.15, 0.2) is 18.2 Å². The molecular formula is C16H25N. The molecule has 2 atom stereocenters. The fraction of sp³-hybridized carbons (Fsp3) is 0.625. The highest BCUT2D eigenvalue weighted by molar-refractivity contribution is 5.49. The van der Waals surface area contributed by atoms with E-state index in [0.717, 1.165) is 12.3 Å². The summed E-state index contributed by atoms with van der Waals surface area (Å²) in [4.78, 5) is 0. The summed E-state index contributed by atoms with van der Waals surface area (Å²) in [6, 6.07) is 7.49. The standard InChI is InChI=1S/C16H25N/c1-4-14-9-10-15(11-13(14)3)17-16-8-6-5-7-12(16)2/h9-12,16-17H,4-8H2,1-3H3. The van der Waals surface area contributed by atoms with Crippen molar-refractivity contribution in [2.75, 3.05) is 5.32 Å². The Morgan fingerprint density at radius 1 is 1.24 bits per heavy atom. The molecule has 17 heavy (non-hydrogen) atoms. The Kier molecular flexibility index (Phi) is 4.09. The van der Waals surface area contributed by atoms with Gasteiger partial charge in [-0.05, 0) is 55.4 Å². The predicted octanol–water partition coefficient (Wildman–Crippen LogP) is 4.55. The van der Waals surface area contributed by atoms with E-state index in [2.05, 4.69) is 44.3 Å². The predicted molar refractivity (Wildman–Crippen MR) is 75.6 cm³/mol. The van der Waals surface area contributed by atoms with E-state index < -0.39 is 0 Å². The van der Waals surface area contributed by atoms with E-state index >= 15 is 0 Å². The van der Waals surface area contributed by atoms with Crippen LogP contribution in [-0.2, 0) is 6.42 Å². The molecule has 0 heterocycles. The number of anilines is 1. The minimum absolute atomic E-state index is 0.677. The Bertz CT molecular complexity index is 370. The van der Waals surface area contributed by atoms with Gasteiger partial charge in [0.15, 0.2) is 0 Å². The summed E-state index contributed by atoms with van der Waals surface area (Å²) in [5.41, 5.74) is 4.19. The summed E-state index contributed by atoms with van der Waals surface area (Å²) < 4.78 is 0. The molecule has 1 fully saturated rings. The van der Waals surface area contributed by atoms with Gasteiger partial charge in [-0.3, -0.25) is 0 Å². The van der Waals surface area contributed by atoms with Crippen LogP contribution in [0.2, 0.25) is 0 Å². The number of nitrogens with one attached hydrogen (secondary N) is 1. The Morgan fingerprint density at radius 3 is 2.65 bits per heavy atom. The first kappa shape index (κ1) is 12.5. The van der Waals surface area contributed by atoms with Crippen molar-refractivity contribution in [3.05, 3.63) is 29.3 Å². The maximum Gasteiger partial charge on any atom is 0.0345 e. The highest BCUT2D eigenvalue weighted by Gasteiger charge is 2.20. The minimum atomic E-state index is 0.677. The van der Waals surface area contributed by atoms with Crippen LogP contribution in [0.3, 0.4) is 0 Å². The minimum Gasteiger partial charge on any atom is -0.382 e. The molecule has 0 radical (unpaired) electrons. The molecule has 2 unspecified atom stereocenters. The van der Waals surface area contributed by atoms with Crippen molar-refractivity contribution < 1.29 is 0 Å². The second kappa shape index (κ2) is 5.57. The fourth-order valence-electron chi connectivity index (χ4n) is 2.93. The zero-order chi connectivity index (χ0) is 12.3. The van der Waals surface area contributed by atoms with Crippen molar-refractivity contribution in [1.82, 2.24) is 0 Å². The van der Waals surface area contributed by atoms with Gasteiger partial charge in [-0.1, -0.05) is 32.8 Å². The molecule has 0 aromatic heterocycles. The van der Waals surface area contributed by atoms with Gasteiger partial charge in [0.1, 0.15) is 0 Å². The van der Waals surface area contributed by atoms with Crippen LogP contribution in [0.5, 0.6) is 0 Å². The zero-order valence-corrected chi connectivity index (χ0v) is 11.4. The first-order valence-electron chi connectivity index (χ1n) is 7.06. The maximum absolute atomic E-state index is 3.72. The average molecular weight is 231 g/mol. The van der Waals surface area contributed by atoms with Gasteiger partial charge in [-0.2, -0.15) is 0 Å². The zero-order valence-electron chi connectivity index (χ0n) is 11.4. The summed E-state index contributed by atoms with van der Waals surface area (Å²) in [5.74, 6) is 0.815. The molecule has 1 nitrogen and oxygen atoms in total. The number of aryl methyl sites for hydroxylation is 2. The largest absolute Gasteiger partial charge is 0.382 e. The molecule has 0 aliphatic heterocycles. The van der Waals surface area contributed by atoms with Gasteiger partial charge in [-0.25, -0.2) is 0 Å². The lowest BCUT2D eigenvalue weighted by atomic mass is 9.86. The summed E-state index contributed by atoms with van der Waals surface area (Å²) in [6.45, 7) is 6.82. The van der Waals surface area contributed by atoms with E-state index in [1.807, 2.05) is 0 Å². The second-order valence-corrected chi connectivity index (χ2v) is 5.51. The van der Waals surface area contributed by atoms with Crippen LogP contribution >= 0.6 is 0 Å². The highest BCUT2D eigenvalue weighted by atomic mass is 14.9. The van der Waals surface area contributed by atoms with Crippen molar-refractivity contribution in [2.24, 2.45) is 5.92 Å². The van der Waals surface area contributed by atoms with Gasteiger partial charge in [0.05, 0.1) is 0 Å². The molecule has 0 saturated heterocycles. The average Bonchev–Trinajstić information content (AvgIpc) is 2.32. The summed E-state index contributed by atoms with van der Waals surface area (Å²) in [6.07, 6.45) is 6.63. The van der Waals surface area contributed by atoms with Gasteiger partial charge in [0.2, 0.25) is 0 Å². The Hall–Kier alpha value is -0.980. The first-order chi connectivity index (χ1) is 8.20. The summed E-state index contributed by atoms with van der Waals surface area (Å²) in [7, 11) is 0. The summed E-state index contributed by atoms with van der Waals surface area (Å²) in [5, 5.41) is 3.72. The van der Waals surface area contributed by atoms with Crippen LogP contribution in [0.1, 0.15) is 50.7 Å². The van der Waals surface area contributed by atoms with Crippen molar-refractivity contribution in [1.29, 1.82) is 0 Å². The van der Waals surface area contributed by atoms with Gasteiger partial charge in [0.25, 0.3) is 0 Å². The van der Waals surface area contributed by atoms with Crippen molar-refractivity contribution in [2.45, 2.75) is 58.9 Å². The van der Waals surface area contributed by atoms with Crippen LogP contribution in [0.4, 0.5) is 5.69 Å². The molecule has 2 rings (SSSR count). The van der Waals surface area contributed by atoms with Gasteiger partial charge in [0, 0.05) is 11.7 Å².